The third-order valence-electron chi connectivity index (χ3n) is 2.99. The van der Waals surface area contributed by atoms with Crippen molar-refractivity contribution < 1.29 is 14.3 Å². The van der Waals surface area contributed by atoms with Gasteiger partial charge in [-0.15, -0.1) is 0 Å². The van der Waals surface area contributed by atoms with Gasteiger partial charge in [-0.1, -0.05) is 0 Å². The highest BCUT2D eigenvalue weighted by Crippen LogP contribution is 2.21. The smallest absolute Gasteiger partial charge is 0.209 e. The molecule has 1 saturated heterocycles. The summed E-state index contributed by atoms with van der Waals surface area (Å²) in [4.78, 5) is 12.4. The van der Waals surface area contributed by atoms with Crippen LogP contribution in [0.1, 0.15) is 12.8 Å². The Hall–Kier alpha value is -1.71. The average molecular weight is 235 g/mol. The first kappa shape index (κ1) is 11.8. The van der Waals surface area contributed by atoms with E-state index in [1.54, 1.807) is 12.0 Å². The van der Waals surface area contributed by atoms with Crippen LogP contribution in [0.15, 0.2) is 24.3 Å². The summed E-state index contributed by atoms with van der Waals surface area (Å²) in [5.74, 6) is 1.68. The first-order valence-electron chi connectivity index (χ1n) is 5.82. The molecule has 0 saturated carbocycles. The Labute approximate surface area is 101 Å². The SMILES string of the molecule is COc1ccc(OC2CCN(C=O)CC2)cc1. The summed E-state index contributed by atoms with van der Waals surface area (Å²) in [6, 6.07) is 7.58. The van der Waals surface area contributed by atoms with E-state index in [0.29, 0.717) is 0 Å². The second-order valence-corrected chi connectivity index (χ2v) is 4.13. The van der Waals surface area contributed by atoms with Crippen molar-refractivity contribution in [2.75, 3.05) is 20.2 Å². The molecule has 0 unspecified atom stereocenters. The lowest BCUT2D eigenvalue weighted by Gasteiger charge is -2.29. The maximum absolute atomic E-state index is 10.6. The van der Waals surface area contributed by atoms with E-state index in [4.69, 9.17) is 9.47 Å². The van der Waals surface area contributed by atoms with E-state index in [0.717, 1.165) is 43.8 Å². The lowest BCUT2D eigenvalue weighted by molar-refractivity contribution is -0.119. The normalized spacial score (nSPS) is 16.6. The van der Waals surface area contributed by atoms with Crippen LogP contribution in [-0.2, 0) is 4.79 Å². The highest BCUT2D eigenvalue weighted by atomic mass is 16.5. The van der Waals surface area contributed by atoms with E-state index in [9.17, 15) is 4.79 Å². The minimum absolute atomic E-state index is 0.208. The fraction of sp³-hybridized carbons (Fsp3) is 0.462. The third kappa shape index (κ3) is 3.12. The van der Waals surface area contributed by atoms with Gasteiger partial charge in [0.2, 0.25) is 6.41 Å². The molecule has 0 radical (unpaired) electrons. The van der Waals surface area contributed by atoms with Crippen LogP contribution in [0, 0.1) is 0 Å². The number of rotatable bonds is 4. The molecule has 0 N–H and O–H groups in total. The monoisotopic (exact) mass is 235 g/mol. The third-order valence-corrected chi connectivity index (χ3v) is 2.99. The van der Waals surface area contributed by atoms with Crippen molar-refractivity contribution in [2.45, 2.75) is 18.9 Å². The summed E-state index contributed by atoms with van der Waals surface area (Å²) < 4.78 is 10.9. The number of hydrogen-bond donors (Lipinski definition) is 0. The second-order valence-electron chi connectivity index (χ2n) is 4.13. The average Bonchev–Trinajstić information content (AvgIpc) is 2.40. The molecule has 92 valence electrons. The largest absolute Gasteiger partial charge is 0.497 e. The van der Waals surface area contributed by atoms with Crippen molar-refractivity contribution in [3.05, 3.63) is 24.3 Å². The van der Waals surface area contributed by atoms with Crippen molar-refractivity contribution >= 4 is 6.41 Å². The number of carbonyl (C=O) groups excluding carboxylic acids is 1. The Balaban J connectivity index is 1.86. The number of carbonyl (C=O) groups is 1. The van der Waals surface area contributed by atoms with Crippen LogP contribution in [0.2, 0.25) is 0 Å². The Morgan fingerprint density at radius 3 is 2.29 bits per heavy atom. The standard InChI is InChI=1S/C13H17NO3/c1-16-11-2-4-12(5-3-11)17-13-6-8-14(10-15)9-7-13/h2-5,10,13H,6-9H2,1H3. The van der Waals surface area contributed by atoms with Gasteiger partial charge in [-0.25, -0.2) is 0 Å². The number of hydrogen-bond acceptors (Lipinski definition) is 3. The van der Waals surface area contributed by atoms with Gasteiger partial charge in [-0.2, -0.15) is 0 Å². The topological polar surface area (TPSA) is 38.8 Å². The first-order chi connectivity index (χ1) is 8.31. The molecule has 1 aromatic carbocycles. The van der Waals surface area contributed by atoms with Gasteiger partial charge in [0.05, 0.1) is 7.11 Å². The molecule has 1 amide bonds. The highest BCUT2D eigenvalue weighted by Gasteiger charge is 2.19. The van der Waals surface area contributed by atoms with Crippen molar-refractivity contribution in [3.8, 4) is 11.5 Å². The van der Waals surface area contributed by atoms with Crippen LogP contribution in [0.4, 0.5) is 0 Å². The molecule has 1 fully saturated rings. The number of benzene rings is 1. The van der Waals surface area contributed by atoms with Gasteiger partial charge in [-0.3, -0.25) is 4.79 Å². The van der Waals surface area contributed by atoms with Gasteiger partial charge in [0.25, 0.3) is 0 Å². The zero-order chi connectivity index (χ0) is 12.1. The molecular formula is C13H17NO3. The number of piperidine rings is 1. The second kappa shape index (κ2) is 5.57. The van der Waals surface area contributed by atoms with Crippen molar-refractivity contribution in [2.24, 2.45) is 0 Å². The van der Waals surface area contributed by atoms with Crippen LogP contribution < -0.4 is 9.47 Å². The number of nitrogens with zero attached hydrogens (tertiary/aromatic N) is 1. The number of amides is 1. The van der Waals surface area contributed by atoms with Crippen LogP contribution in [0.25, 0.3) is 0 Å². The van der Waals surface area contributed by atoms with Crippen molar-refractivity contribution in [1.29, 1.82) is 0 Å². The molecule has 1 aromatic rings. The molecule has 4 heteroatoms. The Morgan fingerprint density at radius 1 is 1.18 bits per heavy atom. The fourth-order valence-corrected chi connectivity index (χ4v) is 1.95. The maximum atomic E-state index is 10.6. The van der Waals surface area contributed by atoms with Crippen LogP contribution in [-0.4, -0.2) is 37.6 Å². The summed E-state index contributed by atoms with van der Waals surface area (Å²) in [6.45, 7) is 1.56. The van der Waals surface area contributed by atoms with Crippen LogP contribution >= 0.6 is 0 Å². The van der Waals surface area contributed by atoms with Crippen molar-refractivity contribution in [3.63, 3.8) is 0 Å². The number of likely N-dealkylation sites (tertiary alicyclic amines) is 1. The molecular weight excluding hydrogens is 218 g/mol. The summed E-state index contributed by atoms with van der Waals surface area (Å²) >= 11 is 0. The molecule has 17 heavy (non-hydrogen) atoms. The quantitative estimate of drug-likeness (QED) is 0.745. The summed E-state index contributed by atoms with van der Waals surface area (Å²) in [6.07, 6.45) is 2.90. The van der Waals surface area contributed by atoms with Gasteiger partial charge in [-0.05, 0) is 24.3 Å². The maximum Gasteiger partial charge on any atom is 0.209 e. The highest BCUT2D eigenvalue weighted by molar-refractivity contribution is 5.47. The van der Waals surface area contributed by atoms with Gasteiger partial charge in [0, 0.05) is 25.9 Å². The fourth-order valence-electron chi connectivity index (χ4n) is 1.95. The van der Waals surface area contributed by atoms with Gasteiger partial charge in [0.15, 0.2) is 0 Å². The molecule has 1 heterocycles. The van der Waals surface area contributed by atoms with E-state index in [2.05, 4.69) is 0 Å². The minimum Gasteiger partial charge on any atom is -0.497 e. The predicted octanol–water partition coefficient (Wildman–Crippen LogP) is 1.69. The molecule has 0 spiro atoms. The lowest BCUT2D eigenvalue weighted by atomic mass is 10.1. The van der Waals surface area contributed by atoms with E-state index in [1.807, 2.05) is 24.3 Å². The summed E-state index contributed by atoms with van der Waals surface area (Å²) in [5.41, 5.74) is 0. The molecule has 0 atom stereocenters. The van der Waals surface area contributed by atoms with E-state index in [1.165, 1.54) is 0 Å². The van der Waals surface area contributed by atoms with E-state index in [-0.39, 0.29) is 6.10 Å². The molecule has 0 aliphatic carbocycles. The van der Waals surface area contributed by atoms with Gasteiger partial charge < -0.3 is 14.4 Å². The zero-order valence-corrected chi connectivity index (χ0v) is 9.96. The molecule has 4 nitrogen and oxygen atoms in total. The minimum atomic E-state index is 0.208. The molecule has 0 bridgehead atoms. The van der Waals surface area contributed by atoms with Crippen molar-refractivity contribution in [1.82, 2.24) is 4.90 Å². The van der Waals surface area contributed by atoms with Gasteiger partial charge in [0.1, 0.15) is 17.6 Å². The predicted molar refractivity (Wildman–Crippen MR) is 64.3 cm³/mol. The molecule has 1 aliphatic heterocycles. The van der Waals surface area contributed by atoms with E-state index < -0.39 is 0 Å². The molecule has 0 aromatic heterocycles. The summed E-state index contributed by atoms with van der Waals surface area (Å²) in [5, 5.41) is 0. The van der Waals surface area contributed by atoms with Crippen LogP contribution in [0.5, 0.6) is 11.5 Å². The van der Waals surface area contributed by atoms with E-state index >= 15 is 0 Å². The first-order valence-corrected chi connectivity index (χ1v) is 5.82. The lowest BCUT2D eigenvalue weighted by Crippen LogP contribution is -2.37. The summed E-state index contributed by atoms with van der Waals surface area (Å²) in [7, 11) is 1.64. The Bertz CT molecular complexity index is 355. The van der Waals surface area contributed by atoms with Crippen LogP contribution in [0.3, 0.4) is 0 Å². The Morgan fingerprint density at radius 2 is 1.76 bits per heavy atom. The molecule has 2 rings (SSSR count). The molecule has 1 aliphatic rings. The zero-order valence-electron chi connectivity index (χ0n) is 9.96. The van der Waals surface area contributed by atoms with Gasteiger partial charge >= 0.3 is 0 Å². The number of methoxy groups -OCH3 is 1. The number of ether oxygens (including phenoxy) is 2. The Kier molecular flexibility index (Phi) is 3.85.